The fraction of sp³-hybridized carbons (Fsp3) is 0.474. The molecule has 5 nitrogen and oxygen atoms in total. The summed E-state index contributed by atoms with van der Waals surface area (Å²) in [6.07, 6.45) is 5.85. The van der Waals surface area contributed by atoms with Gasteiger partial charge in [-0.3, -0.25) is 9.59 Å². The quantitative estimate of drug-likeness (QED) is 0.818. The van der Waals surface area contributed by atoms with Crippen molar-refractivity contribution in [3.63, 3.8) is 0 Å². The number of likely N-dealkylation sites (tertiary alicyclic amines) is 1. The van der Waals surface area contributed by atoms with Gasteiger partial charge in [0.15, 0.2) is 0 Å². The summed E-state index contributed by atoms with van der Waals surface area (Å²) in [7, 11) is 0. The summed E-state index contributed by atoms with van der Waals surface area (Å²) in [5.74, 6) is 2.01. The van der Waals surface area contributed by atoms with Crippen LogP contribution in [0.15, 0.2) is 24.3 Å². The standard InChI is InChI=1S/C19H22FN3O2/c1-4-12-9-19(13-7-5-6-8-15(13)22-17(19)25)11-23(12)16(24)14(21)10-18(2,3)20/h1,5-8,12,14H,9-11,21H2,2-3H3,(H,22,25)/t12-,14+,19+/m1/s1. The van der Waals surface area contributed by atoms with Crippen molar-refractivity contribution in [1.29, 1.82) is 0 Å². The second-order valence-electron chi connectivity index (χ2n) is 7.46. The molecule has 1 saturated heterocycles. The number of halogens is 1. The lowest BCUT2D eigenvalue weighted by Crippen LogP contribution is -2.49. The fourth-order valence-electron chi connectivity index (χ4n) is 3.84. The Morgan fingerprint density at radius 1 is 1.56 bits per heavy atom. The van der Waals surface area contributed by atoms with Crippen LogP contribution in [0.4, 0.5) is 10.1 Å². The number of benzene rings is 1. The molecule has 25 heavy (non-hydrogen) atoms. The molecule has 2 aliphatic rings. The molecule has 1 fully saturated rings. The van der Waals surface area contributed by atoms with E-state index >= 15 is 0 Å². The number of para-hydroxylation sites is 1. The molecule has 6 heteroatoms. The van der Waals surface area contributed by atoms with Gasteiger partial charge in [0, 0.05) is 18.7 Å². The molecule has 1 aromatic carbocycles. The molecule has 3 atom stereocenters. The van der Waals surface area contributed by atoms with E-state index in [1.807, 2.05) is 24.3 Å². The van der Waals surface area contributed by atoms with Gasteiger partial charge in [-0.2, -0.15) is 0 Å². The molecule has 0 aliphatic carbocycles. The summed E-state index contributed by atoms with van der Waals surface area (Å²) in [5.41, 5.74) is 5.07. The molecule has 0 saturated carbocycles. The number of nitrogens with two attached hydrogens (primary N) is 1. The van der Waals surface area contributed by atoms with Gasteiger partial charge in [0.05, 0.1) is 17.5 Å². The predicted molar refractivity (Wildman–Crippen MR) is 93.5 cm³/mol. The number of amides is 2. The number of nitrogens with zero attached hydrogens (tertiary/aromatic N) is 1. The first-order chi connectivity index (χ1) is 11.7. The molecular formula is C19H22FN3O2. The maximum Gasteiger partial charge on any atom is 0.240 e. The summed E-state index contributed by atoms with van der Waals surface area (Å²) in [4.78, 5) is 26.9. The van der Waals surface area contributed by atoms with Crippen molar-refractivity contribution in [3.8, 4) is 12.3 Å². The molecule has 132 valence electrons. The summed E-state index contributed by atoms with van der Waals surface area (Å²) < 4.78 is 13.9. The highest BCUT2D eigenvalue weighted by molar-refractivity contribution is 6.07. The lowest BCUT2D eigenvalue weighted by Gasteiger charge is -2.27. The van der Waals surface area contributed by atoms with E-state index in [4.69, 9.17) is 12.2 Å². The number of rotatable bonds is 3. The van der Waals surface area contributed by atoms with E-state index in [0.717, 1.165) is 11.3 Å². The number of carbonyl (C=O) groups excluding carboxylic acids is 2. The van der Waals surface area contributed by atoms with Crippen LogP contribution < -0.4 is 11.1 Å². The minimum atomic E-state index is -1.56. The Hall–Kier alpha value is -2.39. The second-order valence-corrected chi connectivity index (χ2v) is 7.46. The SMILES string of the molecule is C#C[C@@H]1C[C@@]2(CN1C(=O)[C@@H](N)CC(C)(C)F)C(=O)Nc1ccccc12. The molecule has 0 bridgehead atoms. The van der Waals surface area contributed by atoms with Gasteiger partial charge in [-0.05, 0) is 31.9 Å². The zero-order chi connectivity index (χ0) is 18.4. The van der Waals surface area contributed by atoms with Crippen molar-refractivity contribution in [2.24, 2.45) is 5.73 Å². The number of alkyl halides is 1. The maximum absolute atomic E-state index is 13.9. The van der Waals surface area contributed by atoms with E-state index in [0.29, 0.717) is 6.42 Å². The lowest BCUT2D eigenvalue weighted by molar-refractivity contribution is -0.133. The Morgan fingerprint density at radius 3 is 2.88 bits per heavy atom. The van der Waals surface area contributed by atoms with E-state index in [1.165, 1.54) is 18.7 Å². The van der Waals surface area contributed by atoms with Gasteiger partial charge in [-0.25, -0.2) is 4.39 Å². The highest BCUT2D eigenvalue weighted by Crippen LogP contribution is 2.46. The number of carbonyl (C=O) groups is 2. The van der Waals surface area contributed by atoms with Crippen molar-refractivity contribution in [2.45, 2.75) is 49.9 Å². The molecular weight excluding hydrogens is 321 g/mol. The van der Waals surface area contributed by atoms with Gasteiger partial charge in [-0.15, -0.1) is 6.42 Å². The molecule has 0 unspecified atom stereocenters. The minimum Gasteiger partial charge on any atom is -0.326 e. The molecule has 2 heterocycles. The Morgan fingerprint density at radius 2 is 2.24 bits per heavy atom. The van der Waals surface area contributed by atoms with Gasteiger partial charge in [-0.1, -0.05) is 24.1 Å². The molecule has 3 rings (SSSR count). The smallest absolute Gasteiger partial charge is 0.240 e. The van der Waals surface area contributed by atoms with Crippen molar-refractivity contribution >= 4 is 17.5 Å². The first-order valence-corrected chi connectivity index (χ1v) is 8.30. The maximum atomic E-state index is 13.9. The Balaban J connectivity index is 1.90. The Kier molecular flexibility index (Phi) is 4.08. The average molecular weight is 343 g/mol. The number of hydrogen-bond donors (Lipinski definition) is 2. The lowest BCUT2D eigenvalue weighted by atomic mass is 9.79. The van der Waals surface area contributed by atoms with Crippen LogP contribution >= 0.6 is 0 Å². The first kappa shape index (κ1) is 17.4. The molecule has 0 aromatic heterocycles. The van der Waals surface area contributed by atoms with Crippen molar-refractivity contribution in [2.75, 3.05) is 11.9 Å². The van der Waals surface area contributed by atoms with E-state index in [-0.39, 0.29) is 18.9 Å². The third kappa shape index (κ3) is 2.89. The molecule has 3 N–H and O–H groups in total. The molecule has 1 aromatic rings. The molecule has 2 aliphatic heterocycles. The summed E-state index contributed by atoms with van der Waals surface area (Å²) in [6, 6.07) is 5.86. The largest absolute Gasteiger partial charge is 0.326 e. The number of terminal acetylenes is 1. The predicted octanol–water partition coefficient (Wildman–Crippen LogP) is 1.58. The van der Waals surface area contributed by atoms with E-state index in [9.17, 15) is 14.0 Å². The number of hydrogen-bond acceptors (Lipinski definition) is 3. The van der Waals surface area contributed by atoms with E-state index in [2.05, 4.69) is 11.2 Å². The van der Waals surface area contributed by atoms with Crippen LogP contribution in [0.3, 0.4) is 0 Å². The summed E-state index contributed by atoms with van der Waals surface area (Å²) in [5, 5.41) is 2.86. The van der Waals surface area contributed by atoms with Gasteiger partial charge in [0.1, 0.15) is 5.67 Å². The van der Waals surface area contributed by atoms with E-state index < -0.39 is 29.1 Å². The van der Waals surface area contributed by atoms with Gasteiger partial charge < -0.3 is 16.0 Å². The first-order valence-electron chi connectivity index (χ1n) is 8.30. The van der Waals surface area contributed by atoms with Crippen LogP contribution in [-0.4, -0.2) is 41.0 Å². The van der Waals surface area contributed by atoms with Crippen LogP contribution in [0.5, 0.6) is 0 Å². The average Bonchev–Trinajstić information content (AvgIpc) is 3.05. The van der Waals surface area contributed by atoms with Gasteiger partial charge in [0.2, 0.25) is 11.8 Å². The fourth-order valence-corrected chi connectivity index (χ4v) is 3.84. The topological polar surface area (TPSA) is 75.4 Å². The number of fused-ring (bicyclic) bond motifs is 2. The third-order valence-electron chi connectivity index (χ3n) is 4.98. The Labute approximate surface area is 146 Å². The highest BCUT2D eigenvalue weighted by Gasteiger charge is 2.55. The van der Waals surface area contributed by atoms with E-state index in [1.54, 1.807) is 0 Å². The highest BCUT2D eigenvalue weighted by atomic mass is 19.1. The Bertz CT molecular complexity index is 765. The molecule has 2 amide bonds. The molecule has 1 spiro atoms. The monoisotopic (exact) mass is 343 g/mol. The second kappa shape index (κ2) is 5.85. The summed E-state index contributed by atoms with van der Waals surface area (Å²) >= 11 is 0. The van der Waals surface area contributed by atoms with Crippen LogP contribution in [-0.2, 0) is 15.0 Å². The van der Waals surface area contributed by atoms with Crippen LogP contribution in [0.25, 0.3) is 0 Å². The third-order valence-corrected chi connectivity index (χ3v) is 4.98. The number of nitrogens with one attached hydrogen (secondary N) is 1. The molecule has 0 radical (unpaired) electrons. The zero-order valence-corrected chi connectivity index (χ0v) is 14.4. The minimum absolute atomic E-state index is 0.102. The normalized spacial score (nSPS) is 26.3. The summed E-state index contributed by atoms with van der Waals surface area (Å²) in [6.45, 7) is 2.92. The van der Waals surface area contributed by atoms with Gasteiger partial charge >= 0.3 is 0 Å². The zero-order valence-electron chi connectivity index (χ0n) is 14.4. The van der Waals surface area contributed by atoms with Crippen molar-refractivity contribution < 1.29 is 14.0 Å². The van der Waals surface area contributed by atoms with Crippen LogP contribution in [0.1, 0.15) is 32.3 Å². The van der Waals surface area contributed by atoms with Crippen molar-refractivity contribution in [3.05, 3.63) is 29.8 Å². The van der Waals surface area contributed by atoms with Crippen molar-refractivity contribution in [1.82, 2.24) is 4.90 Å². The van der Waals surface area contributed by atoms with Gasteiger partial charge in [0.25, 0.3) is 0 Å². The number of anilines is 1. The van der Waals surface area contributed by atoms with Crippen LogP contribution in [0.2, 0.25) is 0 Å². The van der Waals surface area contributed by atoms with Crippen LogP contribution in [0, 0.1) is 12.3 Å².